The summed E-state index contributed by atoms with van der Waals surface area (Å²) in [4.78, 5) is 24.5. The Bertz CT molecular complexity index is 719. The molecule has 2 aromatic rings. The summed E-state index contributed by atoms with van der Waals surface area (Å²) in [5, 5.41) is 11.5. The van der Waals surface area contributed by atoms with E-state index < -0.39 is 17.4 Å². The van der Waals surface area contributed by atoms with Gasteiger partial charge in [-0.1, -0.05) is 12.1 Å². The normalized spacial score (nSPS) is 11.3. The highest BCUT2D eigenvalue weighted by atomic mass is 32.1. The maximum absolute atomic E-state index is 13.0. The Kier molecular flexibility index (Phi) is 4.32. The molecule has 0 aliphatic carbocycles. The van der Waals surface area contributed by atoms with Crippen molar-refractivity contribution in [3.63, 3.8) is 0 Å². The van der Waals surface area contributed by atoms with Crippen LogP contribution in [0, 0.1) is 12.7 Å². The van der Waals surface area contributed by atoms with Crippen molar-refractivity contribution in [3.8, 4) is 10.4 Å². The van der Waals surface area contributed by atoms with E-state index in [0.717, 1.165) is 16.0 Å². The van der Waals surface area contributed by atoms with Crippen LogP contribution in [0.4, 0.5) is 4.39 Å². The van der Waals surface area contributed by atoms with Gasteiger partial charge in [0.1, 0.15) is 11.4 Å². The molecule has 0 saturated carbocycles. The molecule has 2 rings (SSSR count). The number of hydrogen-bond acceptors (Lipinski definition) is 3. The van der Waals surface area contributed by atoms with Crippen LogP contribution in [0.15, 0.2) is 30.3 Å². The third kappa shape index (κ3) is 3.33. The second kappa shape index (κ2) is 5.88. The van der Waals surface area contributed by atoms with Gasteiger partial charge in [-0.2, -0.15) is 0 Å². The monoisotopic (exact) mass is 321 g/mol. The highest BCUT2D eigenvalue weighted by molar-refractivity contribution is 7.17. The molecule has 0 fully saturated rings. The average Bonchev–Trinajstić information content (AvgIpc) is 2.81. The van der Waals surface area contributed by atoms with E-state index in [9.17, 15) is 14.0 Å². The van der Waals surface area contributed by atoms with Crippen LogP contribution >= 0.6 is 11.3 Å². The Balaban J connectivity index is 2.28. The van der Waals surface area contributed by atoms with Crippen molar-refractivity contribution in [2.24, 2.45) is 0 Å². The van der Waals surface area contributed by atoms with Gasteiger partial charge < -0.3 is 10.4 Å². The molecule has 2 N–H and O–H groups in total. The van der Waals surface area contributed by atoms with Gasteiger partial charge in [0.15, 0.2) is 0 Å². The zero-order valence-corrected chi connectivity index (χ0v) is 13.3. The first-order chi connectivity index (χ1) is 10.2. The molecule has 0 unspecified atom stereocenters. The lowest BCUT2D eigenvalue weighted by molar-refractivity contribution is -0.143. The fourth-order valence-electron chi connectivity index (χ4n) is 1.88. The summed E-state index contributed by atoms with van der Waals surface area (Å²) >= 11 is 1.25. The summed E-state index contributed by atoms with van der Waals surface area (Å²) in [7, 11) is 0. The third-order valence-electron chi connectivity index (χ3n) is 3.21. The number of rotatable bonds is 4. The van der Waals surface area contributed by atoms with E-state index in [4.69, 9.17) is 5.11 Å². The van der Waals surface area contributed by atoms with Crippen molar-refractivity contribution in [1.82, 2.24) is 5.32 Å². The van der Waals surface area contributed by atoms with Gasteiger partial charge in [0.05, 0.1) is 4.88 Å². The van der Waals surface area contributed by atoms with Crippen LogP contribution in [0.25, 0.3) is 10.4 Å². The predicted octanol–water partition coefficient (Wildman–Crippen LogP) is 3.46. The number of carboxylic acid groups (broad SMARTS) is 1. The summed E-state index contributed by atoms with van der Waals surface area (Å²) in [5.41, 5.74) is 0.362. The van der Waals surface area contributed by atoms with Crippen molar-refractivity contribution in [1.29, 1.82) is 0 Å². The number of aryl methyl sites for hydroxylation is 1. The van der Waals surface area contributed by atoms with Crippen LogP contribution in [0.1, 0.15) is 29.1 Å². The molecule has 0 radical (unpaired) electrons. The SMILES string of the molecule is Cc1cc(C(=O)NC(C)(C)C(=O)O)sc1-c1ccc(F)cc1. The van der Waals surface area contributed by atoms with E-state index >= 15 is 0 Å². The molecule has 1 heterocycles. The number of carbonyl (C=O) groups is 2. The molecule has 0 bridgehead atoms. The molecular formula is C16H16FNO3S. The third-order valence-corrected chi connectivity index (χ3v) is 4.49. The molecule has 0 saturated heterocycles. The van der Waals surface area contributed by atoms with Crippen LogP contribution < -0.4 is 5.32 Å². The van der Waals surface area contributed by atoms with E-state index in [1.54, 1.807) is 18.2 Å². The number of hydrogen-bond donors (Lipinski definition) is 2. The Morgan fingerprint density at radius 1 is 1.23 bits per heavy atom. The highest BCUT2D eigenvalue weighted by Crippen LogP contribution is 2.32. The van der Waals surface area contributed by atoms with Crippen LogP contribution in [0.5, 0.6) is 0 Å². The van der Waals surface area contributed by atoms with Crippen molar-refractivity contribution >= 4 is 23.2 Å². The summed E-state index contributed by atoms with van der Waals surface area (Å²) in [5.74, 6) is -1.86. The van der Waals surface area contributed by atoms with Gasteiger partial charge in [0.25, 0.3) is 5.91 Å². The molecule has 0 spiro atoms. The maximum atomic E-state index is 13.0. The molecular weight excluding hydrogens is 305 g/mol. The molecule has 6 heteroatoms. The molecule has 4 nitrogen and oxygen atoms in total. The van der Waals surface area contributed by atoms with Gasteiger partial charge >= 0.3 is 5.97 Å². The second-order valence-electron chi connectivity index (χ2n) is 5.51. The number of carbonyl (C=O) groups excluding carboxylic acids is 1. The summed E-state index contributed by atoms with van der Waals surface area (Å²) in [6.07, 6.45) is 0. The van der Waals surface area contributed by atoms with Gasteiger partial charge in [0, 0.05) is 4.88 Å². The largest absolute Gasteiger partial charge is 0.480 e. The van der Waals surface area contributed by atoms with Crippen LogP contribution in [-0.4, -0.2) is 22.5 Å². The minimum Gasteiger partial charge on any atom is -0.480 e. The minimum atomic E-state index is -1.34. The first-order valence-electron chi connectivity index (χ1n) is 6.63. The van der Waals surface area contributed by atoms with Gasteiger partial charge in [0.2, 0.25) is 0 Å². The highest BCUT2D eigenvalue weighted by Gasteiger charge is 2.30. The van der Waals surface area contributed by atoms with Crippen LogP contribution in [0.3, 0.4) is 0 Å². The number of aliphatic carboxylic acids is 1. The number of thiophene rings is 1. The zero-order valence-electron chi connectivity index (χ0n) is 12.4. The summed E-state index contributed by atoms with van der Waals surface area (Å²) in [6, 6.07) is 7.73. The lowest BCUT2D eigenvalue weighted by Crippen LogP contribution is -2.49. The molecule has 22 heavy (non-hydrogen) atoms. The van der Waals surface area contributed by atoms with Crippen molar-refractivity contribution in [2.45, 2.75) is 26.3 Å². The molecule has 1 aromatic heterocycles. The Morgan fingerprint density at radius 2 is 1.82 bits per heavy atom. The Labute approximate surface area is 131 Å². The van der Waals surface area contributed by atoms with Crippen LogP contribution in [0.2, 0.25) is 0 Å². The fraction of sp³-hybridized carbons (Fsp3) is 0.250. The van der Waals surface area contributed by atoms with E-state index in [0.29, 0.717) is 4.88 Å². The molecule has 116 valence electrons. The molecule has 0 aliphatic heterocycles. The van der Waals surface area contributed by atoms with Gasteiger partial charge in [-0.05, 0) is 50.1 Å². The zero-order chi connectivity index (χ0) is 16.5. The minimum absolute atomic E-state index is 0.320. The molecule has 0 aliphatic rings. The first-order valence-corrected chi connectivity index (χ1v) is 7.44. The summed E-state index contributed by atoms with van der Waals surface area (Å²) < 4.78 is 13.0. The van der Waals surface area contributed by atoms with Crippen molar-refractivity contribution in [2.75, 3.05) is 0 Å². The predicted molar refractivity (Wildman–Crippen MR) is 83.6 cm³/mol. The van der Waals surface area contributed by atoms with E-state index in [1.807, 2.05) is 6.92 Å². The van der Waals surface area contributed by atoms with E-state index in [1.165, 1.54) is 37.3 Å². The quantitative estimate of drug-likeness (QED) is 0.906. The van der Waals surface area contributed by atoms with Gasteiger partial charge in [-0.3, -0.25) is 4.79 Å². The van der Waals surface area contributed by atoms with E-state index in [2.05, 4.69) is 5.32 Å². The first kappa shape index (κ1) is 16.2. The average molecular weight is 321 g/mol. The standard InChI is InChI=1S/C16H16FNO3S/c1-9-8-12(14(19)18-16(2,3)15(20)21)22-13(9)10-4-6-11(17)7-5-10/h4-8H,1-3H3,(H,18,19)(H,20,21). The van der Waals surface area contributed by atoms with Gasteiger partial charge in [-0.15, -0.1) is 11.3 Å². The number of benzene rings is 1. The molecule has 1 amide bonds. The number of carboxylic acids is 1. The number of halogens is 1. The topological polar surface area (TPSA) is 66.4 Å². The lowest BCUT2D eigenvalue weighted by Gasteiger charge is -2.20. The second-order valence-corrected chi connectivity index (χ2v) is 6.57. The molecule has 1 aromatic carbocycles. The number of nitrogens with one attached hydrogen (secondary N) is 1. The summed E-state index contributed by atoms with van der Waals surface area (Å²) in [6.45, 7) is 4.71. The van der Waals surface area contributed by atoms with Crippen molar-refractivity contribution in [3.05, 3.63) is 46.6 Å². The number of amides is 1. The molecule has 0 atom stereocenters. The maximum Gasteiger partial charge on any atom is 0.328 e. The van der Waals surface area contributed by atoms with Crippen LogP contribution in [-0.2, 0) is 4.79 Å². The lowest BCUT2D eigenvalue weighted by atomic mass is 10.1. The van der Waals surface area contributed by atoms with Crippen molar-refractivity contribution < 1.29 is 19.1 Å². The van der Waals surface area contributed by atoms with E-state index in [-0.39, 0.29) is 5.82 Å². The smallest absolute Gasteiger partial charge is 0.328 e. The Morgan fingerprint density at radius 3 is 2.36 bits per heavy atom. The fourth-order valence-corrected chi connectivity index (χ4v) is 2.95. The van der Waals surface area contributed by atoms with Gasteiger partial charge in [-0.25, -0.2) is 9.18 Å². The Hall–Kier alpha value is -2.21.